The van der Waals surface area contributed by atoms with Crippen molar-refractivity contribution < 1.29 is 24.3 Å². The molecule has 1 rings (SSSR count). The second kappa shape index (κ2) is 6.92. The number of carbonyl (C=O) groups is 1. The third-order valence-electron chi connectivity index (χ3n) is 2.70. The SMILES string of the molecule is CC(=O)NCCC(O)C(O)c1cccc([N+](=O)[O-])c1F. The quantitative estimate of drug-likeness (QED) is 0.525. The first-order valence-electron chi connectivity index (χ1n) is 5.88. The number of nitro benzene ring substituents is 1. The molecule has 7 nitrogen and oxygen atoms in total. The molecule has 0 spiro atoms. The van der Waals surface area contributed by atoms with E-state index in [1.54, 1.807) is 0 Å². The molecule has 110 valence electrons. The van der Waals surface area contributed by atoms with E-state index in [9.17, 15) is 29.5 Å². The molecule has 0 saturated heterocycles. The van der Waals surface area contributed by atoms with Crippen LogP contribution >= 0.6 is 0 Å². The molecule has 0 saturated carbocycles. The van der Waals surface area contributed by atoms with Gasteiger partial charge in [-0.15, -0.1) is 0 Å². The van der Waals surface area contributed by atoms with Gasteiger partial charge >= 0.3 is 5.69 Å². The zero-order valence-electron chi connectivity index (χ0n) is 10.7. The molecule has 0 aromatic heterocycles. The minimum atomic E-state index is -1.61. The lowest BCUT2D eigenvalue weighted by atomic mass is 10.0. The van der Waals surface area contributed by atoms with Crippen molar-refractivity contribution in [3.63, 3.8) is 0 Å². The minimum absolute atomic E-state index is 0.0110. The Hall–Kier alpha value is -2.06. The lowest BCUT2D eigenvalue weighted by Gasteiger charge is -2.18. The van der Waals surface area contributed by atoms with Crippen molar-refractivity contribution in [3.8, 4) is 0 Å². The van der Waals surface area contributed by atoms with E-state index in [-0.39, 0.29) is 24.4 Å². The predicted octanol–water partition coefficient (Wildman–Crippen LogP) is 0.654. The van der Waals surface area contributed by atoms with Crippen molar-refractivity contribution in [2.24, 2.45) is 0 Å². The highest BCUT2D eigenvalue weighted by Crippen LogP contribution is 2.27. The summed E-state index contributed by atoms with van der Waals surface area (Å²) in [5.41, 5.74) is -1.12. The fourth-order valence-electron chi connectivity index (χ4n) is 1.67. The number of halogens is 1. The number of amides is 1. The number of hydrogen-bond donors (Lipinski definition) is 3. The highest BCUT2D eigenvalue weighted by molar-refractivity contribution is 5.72. The van der Waals surface area contributed by atoms with Gasteiger partial charge in [0.2, 0.25) is 11.7 Å². The lowest BCUT2D eigenvalue weighted by Crippen LogP contribution is -2.28. The van der Waals surface area contributed by atoms with Crippen LogP contribution in [-0.2, 0) is 4.79 Å². The monoisotopic (exact) mass is 286 g/mol. The van der Waals surface area contributed by atoms with E-state index in [4.69, 9.17) is 0 Å². The molecule has 0 aliphatic carbocycles. The number of hydrogen-bond acceptors (Lipinski definition) is 5. The van der Waals surface area contributed by atoms with E-state index >= 15 is 0 Å². The van der Waals surface area contributed by atoms with Crippen LogP contribution in [0.25, 0.3) is 0 Å². The normalized spacial score (nSPS) is 13.6. The summed E-state index contributed by atoms with van der Waals surface area (Å²) in [7, 11) is 0. The molecule has 8 heteroatoms. The van der Waals surface area contributed by atoms with Crippen LogP contribution in [0.2, 0.25) is 0 Å². The molecule has 2 unspecified atom stereocenters. The minimum Gasteiger partial charge on any atom is -0.390 e. The number of nitrogens with one attached hydrogen (secondary N) is 1. The van der Waals surface area contributed by atoms with Crippen molar-refractivity contribution in [2.45, 2.75) is 25.6 Å². The Kier molecular flexibility index (Phi) is 5.53. The molecule has 1 amide bonds. The van der Waals surface area contributed by atoms with Gasteiger partial charge in [0.25, 0.3) is 0 Å². The largest absolute Gasteiger partial charge is 0.390 e. The molecule has 1 aromatic carbocycles. The van der Waals surface area contributed by atoms with E-state index in [0.717, 1.165) is 12.1 Å². The van der Waals surface area contributed by atoms with E-state index in [2.05, 4.69) is 5.32 Å². The van der Waals surface area contributed by atoms with Gasteiger partial charge in [-0.1, -0.05) is 12.1 Å². The van der Waals surface area contributed by atoms with E-state index < -0.39 is 28.6 Å². The van der Waals surface area contributed by atoms with Crippen molar-refractivity contribution in [2.75, 3.05) is 6.54 Å². The van der Waals surface area contributed by atoms with Crippen molar-refractivity contribution in [3.05, 3.63) is 39.7 Å². The van der Waals surface area contributed by atoms with Gasteiger partial charge < -0.3 is 15.5 Å². The molecule has 2 atom stereocenters. The third-order valence-corrected chi connectivity index (χ3v) is 2.70. The molecular weight excluding hydrogens is 271 g/mol. The average molecular weight is 286 g/mol. The van der Waals surface area contributed by atoms with Gasteiger partial charge in [0.15, 0.2) is 0 Å². The summed E-state index contributed by atoms with van der Waals surface area (Å²) in [6, 6.07) is 3.35. The number of carbonyl (C=O) groups excluding carboxylic acids is 1. The molecular formula is C12H15FN2O5. The summed E-state index contributed by atoms with van der Waals surface area (Å²) < 4.78 is 13.8. The number of rotatable bonds is 6. The standard InChI is InChI=1S/C12H15FN2O5/c1-7(16)14-6-5-10(17)12(18)8-3-2-4-9(11(8)13)15(19)20/h2-4,10,12,17-18H,5-6H2,1H3,(H,14,16). The molecule has 0 heterocycles. The summed E-state index contributed by atoms with van der Waals surface area (Å²) in [5, 5.41) is 32.5. The Morgan fingerprint density at radius 2 is 2.15 bits per heavy atom. The molecule has 0 fully saturated rings. The van der Waals surface area contributed by atoms with Crippen LogP contribution in [0.3, 0.4) is 0 Å². The molecule has 3 N–H and O–H groups in total. The Labute approximate surface area is 114 Å². The number of aliphatic hydroxyl groups is 2. The van der Waals surface area contributed by atoms with Crippen LogP contribution in [0.5, 0.6) is 0 Å². The first-order chi connectivity index (χ1) is 9.34. The highest BCUT2D eigenvalue weighted by Gasteiger charge is 2.26. The average Bonchev–Trinajstić information content (AvgIpc) is 2.37. The predicted molar refractivity (Wildman–Crippen MR) is 67.3 cm³/mol. The van der Waals surface area contributed by atoms with Crippen LogP contribution in [0.15, 0.2) is 18.2 Å². The molecule has 0 bridgehead atoms. The number of nitrogens with zero attached hydrogens (tertiary/aromatic N) is 1. The maximum atomic E-state index is 13.8. The zero-order valence-corrected chi connectivity index (χ0v) is 10.7. The molecule has 0 aliphatic rings. The molecule has 1 aromatic rings. The second-order valence-electron chi connectivity index (χ2n) is 4.22. The van der Waals surface area contributed by atoms with Gasteiger partial charge in [-0.3, -0.25) is 14.9 Å². The van der Waals surface area contributed by atoms with Gasteiger partial charge in [0.05, 0.1) is 11.0 Å². The fraction of sp³-hybridized carbons (Fsp3) is 0.417. The van der Waals surface area contributed by atoms with E-state index in [1.165, 1.54) is 13.0 Å². The molecule has 20 heavy (non-hydrogen) atoms. The van der Waals surface area contributed by atoms with Crippen LogP contribution < -0.4 is 5.32 Å². The first-order valence-corrected chi connectivity index (χ1v) is 5.88. The Balaban J connectivity index is 2.81. The topological polar surface area (TPSA) is 113 Å². The van der Waals surface area contributed by atoms with Crippen molar-refractivity contribution in [1.82, 2.24) is 5.32 Å². The fourth-order valence-corrected chi connectivity index (χ4v) is 1.67. The van der Waals surface area contributed by atoms with Crippen LogP contribution in [-0.4, -0.2) is 33.7 Å². The van der Waals surface area contributed by atoms with Crippen LogP contribution in [0, 0.1) is 15.9 Å². The number of benzene rings is 1. The van der Waals surface area contributed by atoms with Gasteiger partial charge in [-0.05, 0) is 6.42 Å². The number of aliphatic hydroxyl groups excluding tert-OH is 2. The summed E-state index contributed by atoms with van der Waals surface area (Å²) >= 11 is 0. The van der Waals surface area contributed by atoms with Crippen LogP contribution in [0.4, 0.5) is 10.1 Å². The Bertz CT molecular complexity index is 509. The van der Waals surface area contributed by atoms with Gasteiger partial charge in [-0.2, -0.15) is 4.39 Å². The van der Waals surface area contributed by atoms with Crippen molar-refractivity contribution in [1.29, 1.82) is 0 Å². The first kappa shape index (κ1) is 16.0. The summed E-state index contributed by atoms with van der Waals surface area (Å²) in [4.78, 5) is 20.3. The van der Waals surface area contributed by atoms with Gasteiger partial charge in [0, 0.05) is 25.1 Å². The summed E-state index contributed by atoms with van der Waals surface area (Å²) in [6.45, 7) is 1.40. The third kappa shape index (κ3) is 3.97. The smallest absolute Gasteiger partial charge is 0.305 e. The Morgan fingerprint density at radius 1 is 1.50 bits per heavy atom. The van der Waals surface area contributed by atoms with Gasteiger partial charge in [0.1, 0.15) is 6.10 Å². The lowest BCUT2D eigenvalue weighted by molar-refractivity contribution is -0.387. The second-order valence-corrected chi connectivity index (χ2v) is 4.22. The Morgan fingerprint density at radius 3 is 2.70 bits per heavy atom. The zero-order chi connectivity index (χ0) is 15.3. The van der Waals surface area contributed by atoms with Gasteiger partial charge in [-0.25, -0.2) is 0 Å². The molecule has 0 aliphatic heterocycles. The van der Waals surface area contributed by atoms with Crippen LogP contribution in [0.1, 0.15) is 25.0 Å². The maximum absolute atomic E-state index is 13.8. The molecule has 0 radical (unpaired) electrons. The van der Waals surface area contributed by atoms with Crippen molar-refractivity contribution >= 4 is 11.6 Å². The maximum Gasteiger partial charge on any atom is 0.305 e. The summed E-state index contributed by atoms with van der Waals surface area (Å²) in [6.07, 6.45) is -2.97. The van der Waals surface area contributed by atoms with E-state index in [1.807, 2.05) is 0 Å². The number of nitro groups is 1. The van der Waals surface area contributed by atoms with E-state index in [0.29, 0.717) is 0 Å². The highest BCUT2D eigenvalue weighted by atomic mass is 19.1. The summed E-state index contributed by atoms with van der Waals surface area (Å²) in [5.74, 6) is -1.48.